The molecule has 378 valence electrons. The lowest BCUT2D eigenvalue weighted by molar-refractivity contribution is -0.172. The number of cyclic esters (lactones) is 1. The summed E-state index contributed by atoms with van der Waals surface area (Å²) in [4.78, 5) is 109. The minimum atomic E-state index is -2.06. The van der Waals surface area contributed by atoms with Crippen LogP contribution in [0, 0.1) is 12.7 Å². The molecule has 0 radical (unpaired) electrons. The zero-order valence-electron chi connectivity index (χ0n) is 40.3. The van der Waals surface area contributed by atoms with Crippen LogP contribution in [0.2, 0.25) is 0 Å². The molecule has 2 aromatic heterocycles. The van der Waals surface area contributed by atoms with Gasteiger partial charge >= 0.3 is 12.1 Å². The number of nitrogens with one attached hydrogen (secondary N) is 6. The number of aryl methyl sites for hydroxylation is 1. The van der Waals surface area contributed by atoms with E-state index in [4.69, 9.17) is 20.2 Å². The molecule has 3 aliphatic rings. The molecule has 0 bridgehead atoms. The van der Waals surface area contributed by atoms with Gasteiger partial charge in [-0.1, -0.05) is 37.3 Å². The summed E-state index contributed by atoms with van der Waals surface area (Å²) in [5, 5.41) is 27.8. The lowest BCUT2D eigenvalue weighted by Crippen LogP contribution is -2.52. The summed E-state index contributed by atoms with van der Waals surface area (Å²) in [6.07, 6.45) is 1.52. The summed E-state index contributed by atoms with van der Waals surface area (Å²) in [6.45, 7) is 7.08. The van der Waals surface area contributed by atoms with Crippen LogP contribution in [0.1, 0.15) is 105 Å². The predicted octanol–water partition coefficient (Wildman–Crippen LogP) is 1.73. The van der Waals surface area contributed by atoms with Crippen molar-refractivity contribution < 1.29 is 52.5 Å². The highest BCUT2D eigenvalue weighted by molar-refractivity contribution is 5.95. The number of carbonyl (C=O) groups is 7. The van der Waals surface area contributed by atoms with Crippen molar-refractivity contribution in [3.05, 3.63) is 97.6 Å². The van der Waals surface area contributed by atoms with Gasteiger partial charge in [0.1, 0.15) is 24.1 Å². The van der Waals surface area contributed by atoms with Gasteiger partial charge in [-0.2, -0.15) is 0 Å². The number of ether oxygens (including phenoxy) is 2. The highest BCUT2D eigenvalue weighted by Crippen LogP contribution is 2.46. The number of nitrogens with two attached hydrogens (primary N) is 1. The van der Waals surface area contributed by atoms with Gasteiger partial charge in [0.25, 0.3) is 5.56 Å². The van der Waals surface area contributed by atoms with Gasteiger partial charge in [-0.05, 0) is 94.5 Å². The average molecular weight is 982 g/mol. The van der Waals surface area contributed by atoms with E-state index < -0.39 is 102 Å². The predicted molar refractivity (Wildman–Crippen MR) is 256 cm³/mol. The standard InChI is InChI=1S/C50H60FN9O11/c1-6-50(69)31-19-37-43-29(24-60(37)46(66)30(31)25-70-47(50)67)42-34(16-15-28-26(2)32(51)20-35(59-43)41(28)42)57-40(63)23-56-45(65)36(18-27-12-8-7-9-13-27)58-39(62)22-54-38(61)21-55-44(64)33(52)14-10-11-17-53-48(68)71-49(3,4)5/h7-9,12-13,19-20,33-34,36,69H,6,10-11,14-18,21-25,52H2,1-5H3,(H,53,68)(H,54,61)(H,55,64)(H,56,65)(H,57,63)(H,58,62)/t33?,34-,36-,50-/m0/s1. The molecule has 20 nitrogen and oxygen atoms in total. The topological polar surface area (TPSA) is 291 Å². The third-order valence-electron chi connectivity index (χ3n) is 12.9. The smallest absolute Gasteiger partial charge is 0.407 e. The van der Waals surface area contributed by atoms with Crippen molar-refractivity contribution >= 4 is 52.5 Å². The van der Waals surface area contributed by atoms with Crippen LogP contribution < -0.4 is 43.2 Å². The van der Waals surface area contributed by atoms with Crippen molar-refractivity contribution in [2.45, 2.75) is 122 Å². The summed E-state index contributed by atoms with van der Waals surface area (Å²) in [7, 11) is 0. The lowest BCUT2D eigenvalue weighted by atomic mass is 9.81. The van der Waals surface area contributed by atoms with Gasteiger partial charge in [-0.25, -0.2) is 19.0 Å². The Hall–Kier alpha value is -7.26. The highest BCUT2D eigenvalue weighted by Gasteiger charge is 2.46. The van der Waals surface area contributed by atoms with Crippen molar-refractivity contribution in [3.8, 4) is 11.4 Å². The number of esters is 1. The number of fused-ring (bicyclic) bond motifs is 5. The van der Waals surface area contributed by atoms with Crippen molar-refractivity contribution in [3.63, 3.8) is 0 Å². The number of nitrogens with zero attached hydrogens (tertiary/aromatic N) is 2. The molecule has 2 aliphatic heterocycles. The molecule has 6 amide bonds. The molecule has 4 heterocycles. The van der Waals surface area contributed by atoms with Crippen LogP contribution in [0.15, 0.2) is 47.3 Å². The fourth-order valence-corrected chi connectivity index (χ4v) is 9.20. The Balaban J connectivity index is 0.973. The fourth-order valence-electron chi connectivity index (χ4n) is 9.20. The van der Waals surface area contributed by atoms with Crippen molar-refractivity contribution in [1.82, 2.24) is 41.5 Å². The molecule has 2 aromatic carbocycles. The number of hydrogen-bond acceptors (Lipinski definition) is 13. The summed E-state index contributed by atoms with van der Waals surface area (Å²) in [5.74, 6) is -4.59. The SMILES string of the molecule is CC[C@@]1(O)C(=O)OCc2c1cc1n(c2=O)Cc2c-1nc1cc(F)c(C)c3c1c2[C@@H](NC(=O)CNC(=O)[C@H](Cc1ccccc1)NC(=O)CNC(=O)CNC(=O)C(N)CCCCNC(=O)OC(C)(C)C)CC3. The first kappa shape index (κ1) is 51.6. The van der Waals surface area contributed by atoms with Gasteiger partial charge in [-0.3, -0.25) is 28.8 Å². The summed E-state index contributed by atoms with van der Waals surface area (Å²) >= 11 is 0. The number of aliphatic hydroxyl groups is 1. The molecule has 4 atom stereocenters. The van der Waals surface area contributed by atoms with E-state index in [0.717, 1.165) is 0 Å². The average Bonchev–Trinajstić information content (AvgIpc) is 3.70. The van der Waals surface area contributed by atoms with E-state index in [-0.39, 0.29) is 37.1 Å². The molecule has 0 saturated carbocycles. The summed E-state index contributed by atoms with van der Waals surface area (Å²) in [6, 6.07) is 8.94. The number of alkyl carbamates (subject to hydrolysis) is 1. The van der Waals surface area contributed by atoms with E-state index in [1.54, 1.807) is 71.0 Å². The number of rotatable bonds is 18. The minimum absolute atomic E-state index is 0.0365. The van der Waals surface area contributed by atoms with E-state index in [2.05, 4.69) is 31.9 Å². The van der Waals surface area contributed by atoms with E-state index >= 15 is 4.39 Å². The molecule has 1 unspecified atom stereocenters. The molecule has 9 N–H and O–H groups in total. The molecule has 7 rings (SSSR count). The van der Waals surface area contributed by atoms with Crippen LogP contribution in [0.25, 0.3) is 22.3 Å². The van der Waals surface area contributed by atoms with Crippen LogP contribution in [0.4, 0.5) is 9.18 Å². The van der Waals surface area contributed by atoms with E-state index in [1.807, 2.05) is 0 Å². The molecule has 0 saturated heterocycles. The van der Waals surface area contributed by atoms with Crippen molar-refractivity contribution in [2.75, 3.05) is 26.2 Å². The van der Waals surface area contributed by atoms with Crippen LogP contribution in [-0.4, -0.2) is 100 Å². The van der Waals surface area contributed by atoms with Crippen molar-refractivity contribution in [2.24, 2.45) is 5.73 Å². The number of unbranched alkanes of at least 4 members (excludes halogenated alkanes) is 1. The van der Waals surface area contributed by atoms with Crippen LogP contribution in [0.3, 0.4) is 0 Å². The van der Waals surface area contributed by atoms with Crippen LogP contribution in [0.5, 0.6) is 0 Å². The first-order chi connectivity index (χ1) is 33.7. The van der Waals surface area contributed by atoms with Gasteiger partial charge in [0.15, 0.2) is 5.60 Å². The number of hydrogen-bond donors (Lipinski definition) is 8. The molecule has 1 aliphatic carbocycles. The Morgan fingerprint density at radius 1 is 0.944 bits per heavy atom. The first-order valence-electron chi connectivity index (χ1n) is 23.7. The second kappa shape index (κ2) is 21.4. The number of halogens is 1. The Labute approximate surface area is 408 Å². The van der Waals surface area contributed by atoms with Crippen LogP contribution in [-0.2, 0) is 69.8 Å². The summed E-state index contributed by atoms with van der Waals surface area (Å²) < 4.78 is 27.3. The molecule has 4 aromatic rings. The van der Waals surface area contributed by atoms with Crippen LogP contribution >= 0.6 is 0 Å². The van der Waals surface area contributed by atoms with Gasteiger partial charge in [0, 0.05) is 35.5 Å². The fraction of sp³-hybridized carbons (Fsp3) is 0.460. The Bertz CT molecular complexity index is 2850. The molecule has 0 spiro atoms. The molecule has 71 heavy (non-hydrogen) atoms. The van der Waals surface area contributed by atoms with Gasteiger partial charge < -0.3 is 56.8 Å². The zero-order valence-corrected chi connectivity index (χ0v) is 40.3. The Kier molecular flexibility index (Phi) is 15.5. The van der Waals surface area contributed by atoms with E-state index in [1.165, 1.54) is 10.6 Å². The Morgan fingerprint density at radius 2 is 1.65 bits per heavy atom. The Morgan fingerprint density at radius 3 is 2.37 bits per heavy atom. The minimum Gasteiger partial charge on any atom is -0.458 e. The highest BCUT2D eigenvalue weighted by atomic mass is 19.1. The second-order valence-corrected chi connectivity index (χ2v) is 19.0. The number of aromatic nitrogens is 2. The molecular weight excluding hydrogens is 922 g/mol. The monoisotopic (exact) mass is 981 g/mol. The second-order valence-electron chi connectivity index (χ2n) is 19.0. The maximum Gasteiger partial charge on any atom is 0.407 e. The molecule has 21 heteroatoms. The molecular formula is C50H60FN9O11. The summed E-state index contributed by atoms with van der Waals surface area (Å²) in [5.41, 5.74) is 7.11. The number of pyridine rings is 2. The van der Waals surface area contributed by atoms with E-state index in [0.29, 0.717) is 88.8 Å². The van der Waals surface area contributed by atoms with Crippen molar-refractivity contribution in [1.29, 1.82) is 0 Å². The third kappa shape index (κ3) is 11.5. The number of carbonyl (C=O) groups excluding carboxylic acids is 7. The van der Waals surface area contributed by atoms with Gasteiger partial charge in [0.2, 0.25) is 29.5 Å². The molecule has 0 fully saturated rings. The van der Waals surface area contributed by atoms with Gasteiger partial charge in [-0.15, -0.1) is 0 Å². The first-order valence-corrected chi connectivity index (χ1v) is 23.7. The lowest BCUT2D eigenvalue weighted by Gasteiger charge is -2.31. The maximum atomic E-state index is 15.4. The third-order valence-corrected chi connectivity index (χ3v) is 12.9. The largest absolute Gasteiger partial charge is 0.458 e. The quantitative estimate of drug-likeness (QED) is 0.0459. The van der Waals surface area contributed by atoms with Gasteiger partial charge in [0.05, 0.1) is 60.7 Å². The maximum absolute atomic E-state index is 15.4. The number of benzene rings is 2. The normalized spacial score (nSPS) is 17.4. The number of amides is 6. The van der Waals surface area contributed by atoms with E-state index in [9.17, 15) is 43.5 Å². The zero-order chi connectivity index (χ0) is 51.4.